The summed E-state index contributed by atoms with van der Waals surface area (Å²) in [6.45, 7) is 2.73. The van der Waals surface area contributed by atoms with Crippen molar-refractivity contribution in [3.8, 4) is 0 Å². The van der Waals surface area contributed by atoms with Crippen molar-refractivity contribution in [1.82, 2.24) is 0 Å². The molecule has 1 nitrogen and oxygen atoms in total. The van der Waals surface area contributed by atoms with Crippen molar-refractivity contribution < 1.29 is 4.74 Å². The minimum absolute atomic E-state index is 0.126. The maximum Gasteiger partial charge on any atom is 0.0626 e. The van der Waals surface area contributed by atoms with E-state index < -0.39 is 0 Å². The molecule has 1 rings (SSSR count). The van der Waals surface area contributed by atoms with Crippen LogP contribution in [0.3, 0.4) is 0 Å². The second kappa shape index (κ2) is 6.05. The van der Waals surface area contributed by atoms with E-state index in [4.69, 9.17) is 16.3 Å². The summed E-state index contributed by atoms with van der Waals surface area (Å²) in [6.07, 6.45) is 2.00. The molecule has 0 aromatic heterocycles. The molecule has 0 amide bonds. The van der Waals surface area contributed by atoms with Crippen LogP contribution in [0, 0.1) is 6.92 Å². The molecule has 2 heteroatoms. The summed E-state index contributed by atoms with van der Waals surface area (Å²) < 4.78 is 4.98. The molecule has 14 heavy (non-hydrogen) atoms. The van der Waals surface area contributed by atoms with Gasteiger partial charge in [-0.1, -0.05) is 29.8 Å². The molecule has 0 fully saturated rings. The average molecular weight is 213 g/mol. The lowest BCUT2D eigenvalue weighted by atomic mass is 10.1. The zero-order valence-electron chi connectivity index (χ0n) is 8.79. The summed E-state index contributed by atoms with van der Waals surface area (Å²) in [5.74, 6) is 0. The zero-order chi connectivity index (χ0) is 10.4. The topological polar surface area (TPSA) is 9.23 Å². The van der Waals surface area contributed by atoms with Gasteiger partial charge >= 0.3 is 0 Å². The number of hydrogen-bond acceptors (Lipinski definition) is 1. The lowest BCUT2D eigenvalue weighted by Gasteiger charge is -2.07. The van der Waals surface area contributed by atoms with Crippen LogP contribution in [-0.2, 0) is 11.2 Å². The van der Waals surface area contributed by atoms with Gasteiger partial charge in [0.15, 0.2) is 0 Å². The van der Waals surface area contributed by atoms with E-state index in [1.807, 2.05) is 0 Å². The summed E-state index contributed by atoms with van der Waals surface area (Å²) in [4.78, 5) is 0. The van der Waals surface area contributed by atoms with Gasteiger partial charge in [-0.05, 0) is 25.3 Å². The second-order valence-electron chi connectivity index (χ2n) is 3.58. The van der Waals surface area contributed by atoms with Crippen molar-refractivity contribution in [2.45, 2.75) is 25.1 Å². The van der Waals surface area contributed by atoms with Crippen molar-refractivity contribution in [1.29, 1.82) is 0 Å². The van der Waals surface area contributed by atoms with Crippen molar-refractivity contribution in [3.63, 3.8) is 0 Å². The lowest BCUT2D eigenvalue weighted by Crippen LogP contribution is -2.08. The fourth-order valence-electron chi connectivity index (χ4n) is 1.34. The number of halogens is 1. The van der Waals surface area contributed by atoms with E-state index in [9.17, 15) is 0 Å². The van der Waals surface area contributed by atoms with Crippen LogP contribution in [0.5, 0.6) is 0 Å². The van der Waals surface area contributed by atoms with Gasteiger partial charge in [-0.15, -0.1) is 11.6 Å². The van der Waals surface area contributed by atoms with Gasteiger partial charge in [0.05, 0.1) is 12.0 Å². The summed E-state index contributed by atoms with van der Waals surface area (Å²) in [6, 6.07) is 8.58. The summed E-state index contributed by atoms with van der Waals surface area (Å²) in [5, 5.41) is 0.126. The quantitative estimate of drug-likeness (QED) is 0.682. The molecule has 1 unspecified atom stereocenters. The van der Waals surface area contributed by atoms with E-state index in [1.165, 1.54) is 11.1 Å². The van der Waals surface area contributed by atoms with E-state index in [-0.39, 0.29) is 5.38 Å². The molecule has 0 spiro atoms. The van der Waals surface area contributed by atoms with Crippen LogP contribution in [0.2, 0.25) is 0 Å². The number of aryl methyl sites for hydroxylation is 2. The lowest BCUT2D eigenvalue weighted by molar-refractivity contribution is 0.195. The Balaban J connectivity index is 2.34. The number of hydrogen-bond donors (Lipinski definition) is 0. The molecule has 1 atom stereocenters. The van der Waals surface area contributed by atoms with Gasteiger partial charge in [-0.25, -0.2) is 0 Å². The highest BCUT2D eigenvalue weighted by Gasteiger charge is 2.03. The third-order valence-corrected chi connectivity index (χ3v) is 2.56. The minimum Gasteiger partial charge on any atom is -0.383 e. The predicted molar refractivity (Wildman–Crippen MR) is 61.0 cm³/mol. The van der Waals surface area contributed by atoms with Gasteiger partial charge in [-0.3, -0.25) is 0 Å². The summed E-state index contributed by atoms with van der Waals surface area (Å²) in [5.41, 5.74) is 2.64. The first kappa shape index (κ1) is 11.5. The Hall–Kier alpha value is -0.530. The molecule has 0 radical (unpaired) electrons. The largest absolute Gasteiger partial charge is 0.383 e. The predicted octanol–water partition coefficient (Wildman–Crippen LogP) is 3.18. The third kappa shape index (κ3) is 4.12. The van der Waals surface area contributed by atoms with E-state index in [2.05, 4.69) is 31.2 Å². The number of benzene rings is 1. The molecular weight excluding hydrogens is 196 g/mol. The van der Waals surface area contributed by atoms with Crippen LogP contribution in [0.15, 0.2) is 24.3 Å². The fraction of sp³-hybridized carbons (Fsp3) is 0.500. The number of methoxy groups -OCH3 is 1. The Bertz CT molecular complexity index is 256. The highest BCUT2D eigenvalue weighted by molar-refractivity contribution is 6.20. The average Bonchev–Trinajstić information content (AvgIpc) is 2.17. The van der Waals surface area contributed by atoms with Crippen LogP contribution in [-0.4, -0.2) is 19.1 Å². The van der Waals surface area contributed by atoms with E-state index in [0.29, 0.717) is 6.61 Å². The van der Waals surface area contributed by atoms with Crippen molar-refractivity contribution in [2.75, 3.05) is 13.7 Å². The number of alkyl halides is 1. The highest BCUT2D eigenvalue weighted by atomic mass is 35.5. The van der Waals surface area contributed by atoms with E-state index in [0.717, 1.165) is 12.8 Å². The molecule has 0 saturated carbocycles. The van der Waals surface area contributed by atoms with Gasteiger partial charge in [0.1, 0.15) is 0 Å². The standard InChI is InChI=1S/C12H17ClO/c1-10-3-5-11(6-4-10)7-8-12(13)9-14-2/h3-6,12H,7-9H2,1-2H3. The van der Waals surface area contributed by atoms with Crippen LogP contribution < -0.4 is 0 Å². The monoisotopic (exact) mass is 212 g/mol. The molecular formula is C12H17ClO. The first-order valence-corrected chi connectivity index (χ1v) is 5.34. The van der Waals surface area contributed by atoms with E-state index >= 15 is 0 Å². The molecule has 78 valence electrons. The molecule has 1 aromatic rings. The normalized spacial score (nSPS) is 12.8. The Morgan fingerprint density at radius 1 is 1.29 bits per heavy atom. The van der Waals surface area contributed by atoms with Crippen LogP contribution >= 0.6 is 11.6 Å². The van der Waals surface area contributed by atoms with Crippen molar-refractivity contribution in [3.05, 3.63) is 35.4 Å². The third-order valence-electron chi connectivity index (χ3n) is 2.21. The summed E-state index contributed by atoms with van der Waals surface area (Å²) in [7, 11) is 1.68. The van der Waals surface area contributed by atoms with E-state index in [1.54, 1.807) is 7.11 Å². The maximum atomic E-state index is 6.04. The number of ether oxygens (including phenoxy) is 1. The molecule has 0 aliphatic heterocycles. The van der Waals surface area contributed by atoms with Gasteiger partial charge in [0, 0.05) is 7.11 Å². The van der Waals surface area contributed by atoms with Gasteiger partial charge in [-0.2, -0.15) is 0 Å². The van der Waals surface area contributed by atoms with Crippen LogP contribution in [0.25, 0.3) is 0 Å². The Labute approximate surface area is 91.0 Å². The van der Waals surface area contributed by atoms with Crippen LogP contribution in [0.1, 0.15) is 17.5 Å². The zero-order valence-corrected chi connectivity index (χ0v) is 9.55. The highest BCUT2D eigenvalue weighted by Crippen LogP contribution is 2.10. The van der Waals surface area contributed by atoms with Gasteiger partial charge in [0.25, 0.3) is 0 Å². The fourth-order valence-corrected chi connectivity index (χ4v) is 1.58. The van der Waals surface area contributed by atoms with Gasteiger partial charge < -0.3 is 4.74 Å². The molecule has 0 aliphatic carbocycles. The van der Waals surface area contributed by atoms with Gasteiger partial charge in [0.2, 0.25) is 0 Å². The van der Waals surface area contributed by atoms with Crippen molar-refractivity contribution >= 4 is 11.6 Å². The first-order valence-electron chi connectivity index (χ1n) is 4.91. The summed E-state index contributed by atoms with van der Waals surface area (Å²) >= 11 is 6.04. The molecule has 0 aliphatic rings. The molecule has 0 bridgehead atoms. The Morgan fingerprint density at radius 3 is 2.50 bits per heavy atom. The molecule has 1 aromatic carbocycles. The molecule has 0 saturated heterocycles. The van der Waals surface area contributed by atoms with Crippen molar-refractivity contribution in [2.24, 2.45) is 0 Å². The second-order valence-corrected chi connectivity index (χ2v) is 4.19. The minimum atomic E-state index is 0.126. The Kier molecular flexibility index (Phi) is 4.99. The first-order chi connectivity index (χ1) is 6.72. The molecule has 0 N–H and O–H groups in total. The SMILES string of the molecule is COCC(Cl)CCc1ccc(C)cc1. The maximum absolute atomic E-state index is 6.04. The number of rotatable bonds is 5. The smallest absolute Gasteiger partial charge is 0.0626 e. The van der Waals surface area contributed by atoms with Crippen LogP contribution in [0.4, 0.5) is 0 Å². The Morgan fingerprint density at radius 2 is 1.93 bits per heavy atom. The molecule has 0 heterocycles.